The number of methoxy groups -OCH3 is 1. The molecule has 2 aromatic rings. The molecule has 23 heavy (non-hydrogen) atoms. The van der Waals surface area contributed by atoms with E-state index in [-0.39, 0.29) is 24.3 Å². The number of hydrogen-bond donors (Lipinski definition) is 1. The van der Waals surface area contributed by atoms with Crippen LogP contribution in [-0.4, -0.2) is 25.5 Å². The second-order valence-corrected chi connectivity index (χ2v) is 6.12. The lowest BCUT2D eigenvalue weighted by Gasteiger charge is -2.17. The van der Waals surface area contributed by atoms with E-state index in [0.29, 0.717) is 17.9 Å². The lowest BCUT2D eigenvalue weighted by molar-refractivity contribution is -0.145. The third-order valence-corrected chi connectivity index (χ3v) is 3.81. The van der Waals surface area contributed by atoms with Crippen LogP contribution in [0.1, 0.15) is 30.6 Å². The molecule has 2 rings (SSSR count). The molecule has 0 spiro atoms. The van der Waals surface area contributed by atoms with Crippen LogP contribution < -0.4 is 5.32 Å². The molecule has 0 saturated heterocycles. The molecule has 1 atom stereocenters. The Morgan fingerprint density at radius 2 is 1.78 bits per heavy atom. The van der Waals surface area contributed by atoms with Crippen LogP contribution in [0.15, 0.2) is 42.5 Å². The molecule has 122 valence electrons. The molecule has 0 saturated carbocycles. The summed E-state index contributed by atoms with van der Waals surface area (Å²) in [4.78, 5) is 24.1. The van der Waals surface area contributed by atoms with Crippen molar-refractivity contribution in [3.05, 3.63) is 48.0 Å². The zero-order valence-electron chi connectivity index (χ0n) is 13.8. The predicted octanol–water partition coefficient (Wildman–Crippen LogP) is 3.40. The average molecular weight is 313 g/mol. The molecule has 0 aliphatic rings. The van der Waals surface area contributed by atoms with Crippen LogP contribution in [0.5, 0.6) is 0 Å². The van der Waals surface area contributed by atoms with Crippen LogP contribution in [0.25, 0.3) is 10.8 Å². The number of amides is 1. The van der Waals surface area contributed by atoms with Crippen molar-refractivity contribution < 1.29 is 14.3 Å². The van der Waals surface area contributed by atoms with Crippen molar-refractivity contribution in [1.82, 2.24) is 5.32 Å². The third kappa shape index (κ3) is 4.55. The number of rotatable bonds is 6. The fraction of sp³-hybridized carbons (Fsp3) is 0.368. The number of carbonyl (C=O) groups is 2. The highest BCUT2D eigenvalue weighted by Crippen LogP contribution is 2.16. The summed E-state index contributed by atoms with van der Waals surface area (Å²) >= 11 is 0. The largest absolute Gasteiger partial charge is 0.469 e. The normalized spacial score (nSPS) is 12.2. The highest BCUT2D eigenvalue weighted by atomic mass is 16.5. The number of hydrogen-bond acceptors (Lipinski definition) is 3. The molecule has 0 aliphatic carbocycles. The molecule has 4 heteroatoms. The van der Waals surface area contributed by atoms with Gasteiger partial charge in [0.05, 0.1) is 13.0 Å². The standard InChI is InChI=1S/C19H23NO3/c1-13(2)10-17(19(22)23-3)12-20-18(21)16-9-8-14-6-4-5-7-15(14)11-16/h4-9,11,13,17H,10,12H2,1-3H3,(H,20,21)/t17-/m0/s1. The number of ether oxygens (including phenoxy) is 1. The number of benzene rings is 2. The highest BCUT2D eigenvalue weighted by Gasteiger charge is 2.21. The molecule has 1 amide bonds. The Hall–Kier alpha value is -2.36. The van der Waals surface area contributed by atoms with Crippen molar-refractivity contribution in [1.29, 1.82) is 0 Å². The Labute approximate surface area is 136 Å². The van der Waals surface area contributed by atoms with Gasteiger partial charge in [0.25, 0.3) is 5.91 Å². The monoisotopic (exact) mass is 313 g/mol. The summed E-state index contributed by atoms with van der Waals surface area (Å²) in [7, 11) is 1.38. The Kier molecular flexibility index (Phi) is 5.74. The van der Waals surface area contributed by atoms with E-state index in [4.69, 9.17) is 4.74 Å². The minimum Gasteiger partial charge on any atom is -0.469 e. The van der Waals surface area contributed by atoms with E-state index < -0.39 is 0 Å². The van der Waals surface area contributed by atoms with E-state index in [1.165, 1.54) is 7.11 Å². The zero-order valence-corrected chi connectivity index (χ0v) is 13.8. The molecule has 0 aliphatic heterocycles. The number of esters is 1. The van der Waals surface area contributed by atoms with Crippen molar-refractivity contribution >= 4 is 22.6 Å². The summed E-state index contributed by atoms with van der Waals surface area (Å²) in [5, 5.41) is 4.96. The van der Waals surface area contributed by atoms with Crippen LogP contribution in [-0.2, 0) is 9.53 Å². The topological polar surface area (TPSA) is 55.4 Å². The van der Waals surface area contributed by atoms with Crippen molar-refractivity contribution in [3.63, 3.8) is 0 Å². The Morgan fingerprint density at radius 3 is 2.43 bits per heavy atom. The molecule has 4 nitrogen and oxygen atoms in total. The quantitative estimate of drug-likeness (QED) is 0.832. The molecular formula is C19H23NO3. The van der Waals surface area contributed by atoms with Gasteiger partial charge in [0, 0.05) is 12.1 Å². The van der Waals surface area contributed by atoms with E-state index in [0.717, 1.165) is 10.8 Å². The SMILES string of the molecule is COC(=O)[C@H](CNC(=O)c1ccc2ccccc2c1)CC(C)C. The van der Waals surface area contributed by atoms with Crippen LogP contribution in [0.3, 0.4) is 0 Å². The van der Waals surface area contributed by atoms with Crippen molar-refractivity contribution in [2.45, 2.75) is 20.3 Å². The second-order valence-electron chi connectivity index (χ2n) is 6.12. The fourth-order valence-electron chi connectivity index (χ4n) is 2.65. The molecular weight excluding hydrogens is 290 g/mol. The summed E-state index contributed by atoms with van der Waals surface area (Å²) in [5.41, 5.74) is 0.594. The summed E-state index contributed by atoms with van der Waals surface area (Å²) < 4.78 is 4.82. The van der Waals surface area contributed by atoms with Crippen LogP contribution in [0, 0.1) is 11.8 Å². The molecule has 0 radical (unpaired) electrons. The summed E-state index contributed by atoms with van der Waals surface area (Å²) in [6, 6.07) is 13.5. The molecule has 0 heterocycles. The van der Waals surface area contributed by atoms with E-state index >= 15 is 0 Å². The first-order valence-electron chi connectivity index (χ1n) is 7.86. The fourth-order valence-corrected chi connectivity index (χ4v) is 2.65. The van der Waals surface area contributed by atoms with Gasteiger partial charge in [-0.25, -0.2) is 0 Å². The third-order valence-electron chi connectivity index (χ3n) is 3.81. The average Bonchev–Trinajstić information content (AvgIpc) is 2.56. The van der Waals surface area contributed by atoms with E-state index in [2.05, 4.69) is 5.32 Å². The minimum absolute atomic E-state index is 0.173. The number of nitrogens with one attached hydrogen (secondary N) is 1. The Bertz CT molecular complexity index is 694. The van der Waals surface area contributed by atoms with Gasteiger partial charge in [-0.05, 0) is 35.2 Å². The van der Waals surface area contributed by atoms with Gasteiger partial charge in [-0.3, -0.25) is 9.59 Å². The van der Waals surface area contributed by atoms with Gasteiger partial charge in [0.15, 0.2) is 0 Å². The van der Waals surface area contributed by atoms with Crippen LogP contribution in [0.4, 0.5) is 0 Å². The molecule has 0 unspecified atom stereocenters. The second kappa shape index (κ2) is 7.77. The van der Waals surface area contributed by atoms with E-state index in [1.54, 1.807) is 6.07 Å². The maximum Gasteiger partial charge on any atom is 0.310 e. The molecule has 0 fully saturated rings. The van der Waals surface area contributed by atoms with Crippen LogP contribution in [0.2, 0.25) is 0 Å². The van der Waals surface area contributed by atoms with Crippen LogP contribution >= 0.6 is 0 Å². The number of carbonyl (C=O) groups excluding carboxylic acids is 2. The van der Waals surface area contributed by atoms with E-state index in [1.807, 2.05) is 50.2 Å². The van der Waals surface area contributed by atoms with Gasteiger partial charge >= 0.3 is 5.97 Å². The van der Waals surface area contributed by atoms with Gasteiger partial charge in [0.1, 0.15) is 0 Å². The Balaban J connectivity index is 2.05. The van der Waals surface area contributed by atoms with Gasteiger partial charge in [-0.1, -0.05) is 44.2 Å². The lowest BCUT2D eigenvalue weighted by atomic mass is 9.97. The molecule has 0 aromatic heterocycles. The molecule has 0 bridgehead atoms. The summed E-state index contributed by atoms with van der Waals surface area (Å²) in [6.45, 7) is 4.37. The number of fused-ring (bicyclic) bond motifs is 1. The smallest absolute Gasteiger partial charge is 0.310 e. The van der Waals surface area contributed by atoms with Crippen molar-refractivity contribution in [2.75, 3.05) is 13.7 Å². The first-order valence-corrected chi connectivity index (χ1v) is 7.86. The van der Waals surface area contributed by atoms with Gasteiger partial charge in [-0.2, -0.15) is 0 Å². The highest BCUT2D eigenvalue weighted by molar-refractivity contribution is 5.98. The van der Waals surface area contributed by atoms with E-state index in [9.17, 15) is 9.59 Å². The molecule has 2 aromatic carbocycles. The first-order chi connectivity index (χ1) is 11.0. The predicted molar refractivity (Wildman–Crippen MR) is 91.2 cm³/mol. The maximum atomic E-state index is 12.3. The van der Waals surface area contributed by atoms with Gasteiger partial charge in [-0.15, -0.1) is 0 Å². The molecule has 1 N–H and O–H groups in total. The maximum absolute atomic E-state index is 12.3. The van der Waals surface area contributed by atoms with Crippen molar-refractivity contribution in [3.8, 4) is 0 Å². The first kappa shape index (κ1) is 17.0. The minimum atomic E-state index is -0.315. The summed E-state index contributed by atoms with van der Waals surface area (Å²) in [5.74, 6) is -0.410. The summed E-state index contributed by atoms with van der Waals surface area (Å²) in [6.07, 6.45) is 0.685. The van der Waals surface area contributed by atoms with Crippen molar-refractivity contribution in [2.24, 2.45) is 11.8 Å². The zero-order chi connectivity index (χ0) is 16.8. The van der Waals surface area contributed by atoms with Gasteiger partial charge < -0.3 is 10.1 Å². The Morgan fingerprint density at radius 1 is 1.09 bits per heavy atom. The lowest BCUT2D eigenvalue weighted by Crippen LogP contribution is -2.34. The van der Waals surface area contributed by atoms with Gasteiger partial charge in [0.2, 0.25) is 0 Å².